The molecule has 16 heteroatoms. The number of carbonyl (C=O) groups is 6. The van der Waals surface area contributed by atoms with E-state index in [1.807, 2.05) is 0 Å². The largest absolute Gasteiger partial charge is 0.481 e. The van der Waals surface area contributed by atoms with Gasteiger partial charge in [-0.15, -0.1) is 0 Å². The Morgan fingerprint density at radius 3 is 2.10 bits per heavy atom. The summed E-state index contributed by atoms with van der Waals surface area (Å²) in [6.45, 7) is 5.09. The molecule has 16 nitrogen and oxygen atoms in total. The first kappa shape index (κ1) is 34.0. The third-order valence-corrected chi connectivity index (χ3v) is 5.96. The first-order valence-electron chi connectivity index (χ1n) is 12.9. The number of imidazole rings is 1. The Bertz CT molecular complexity index is 1020. The topological polar surface area (TPSA) is 278 Å². The van der Waals surface area contributed by atoms with Gasteiger partial charge in [0.25, 0.3) is 0 Å². The smallest absolute Gasteiger partial charge is 0.305 e. The molecule has 0 bridgehead atoms. The second kappa shape index (κ2) is 16.8. The van der Waals surface area contributed by atoms with Crippen LogP contribution in [0.2, 0.25) is 0 Å². The summed E-state index contributed by atoms with van der Waals surface area (Å²) in [5, 5.41) is 18.8. The van der Waals surface area contributed by atoms with Gasteiger partial charge in [0, 0.05) is 18.3 Å². The molecular formula is C24H41N9O7. The summed E-state index contributed by atoms with van der Waals surface area (Å²) in [6.07, 6.45) is 3.92. The van der Waals surface area contributed by atoms with Gasteiger partial charge in [0.05, 0.1) is 18.8 Å². The van der Waals surface area contributed by atoms with E-state index in [4.69, 9.17) is 22.3 Å². The first-order chi connectivity index (χ1) is 18.8. The Morgan fingerprint density at radius 1 is 0.925 bits per heavy atom. The summed E-state index contributed by atoms with van der Waals surface area (Å²) >= 11 is 0. The zero-order valence-corrected chi connectivity index (χ0v) is 22.9. The van der Waals surface area contributed by atoms with Crippen molar-refractivity contribution in [3.63, 3.8) is 0 Å². The molecule has 0 spiro atoms. The molecule has 1 aromatic rings. The van der Waals surface area contributed by atoms with Crippen molar-refractivity contribution in [2.75, 3.05) is 6.54 Å². The molecule has 0 saturated carbocycles. The maximum Gasteiger partial charge on any atom is 0.305 e. The zero-order chi connectivity index (χ0) is 30.4. The summed E-state index contributed by atoms with van der Waals surface area (Å²) in [6, 6.07) is -5.75. The maximum absolute atomic E-state index is 13.1. The summed E-state index contributed by atoms with van der Waals surface area (Å²) in [5.41, 5.74) is 17.1. The summed E-state index contributed by atoms with van der Waals surface area (Å²) in [7, 11) is 0. The lowest BCUT2D eigenvalue weighted by molar-refractivity contribution is -0.140. The standard InChI is InChI=1S/C24H41N9O7/c1-12(2)19(24(40)31-16(20(27)36)9-18(34)35)33-21(37)13(3)30-23(39)17(8-14-10-28-11-29-14)32-22(38)15(26)6-4-5-7-25/h10-13,15-17,19H,4-9,25-26H2,1-3H3,(H2,27,36)(H,28,29)(H,30,39)(H,31,40)(H,32,38)(H,33,37)(H,34,35)/t13-,15-,16-,17-,19-/m0/s1. The lowest BCUT2D eigenvalue weighted by atomic mass is 10.0. The molecule has 1 rings (SSSR count). The van der Waals surface area contributed by atoms with Crippen LogP contribution in [0.3, 0.4) is 0 Å². The van der Waals surface area contributed by atoms with Gasteiger partial charge in [-0.3, -0.25) is 28.8 Å². The number of rotatable bonds is 18. The second-order valence-electron chi connectivity index (χ2n) is 9.76. The van der Waals surface area contributed by atoms with Gasteiger partial charge in [0.15, 0.2) is 0 Å². The van der Waals surface area contributed by atoms with E-state index in [9.17, 15) is 28.8 Å². The fourth-order valence-electron chi connectivity index (χ4n) is 3.60. The Morgan fingerprint density at radius 2 is 1.57 bits per heavy atom. The molecule has 1 aromatic heterocycles. The monoisotopic (exact) mass is 567 g/mol. The van der Waals surface area contributed by atoms with Crippen molar-refractivity contribution in [1.82, 2.24) is 31.2 Å². The molecule has 224 valence electrons. The zero-order valence-electron chi connectivity index (χ0n) is 22.9. The van der Waals surface area contributed by atoms with E-state index in [0.29, 0.717) is 31.5 Å². The first-order valence-corrected chi connectivity index (χ1v) is 12.9. The number of carboxylic acid groups (broad SMARTS) is 1. The van der Waals surface area contributed by atoms with E-state index < -0.39 is 78.1 Å². The third kappa shape index (κ3) is 11.8. The Hall–Kier alpha value is -4.05. The number of aromatic nitrogens is 2. The molecule has 0 aliphatic heterocycles. The van der Waals surface area contributed by atoms with Crippen LogP contribution in [0.1, 0.15) is 52.1 Å². The van der Waals surface area contributed by atoms with Crippen LogP contribution in [-0.4, -0.2) is 87.3 Å². The van der Waals surface area contributed by atoms with E-state index in [0.717, 1.165) is 0 Å². The van der Waals surface area contributed by atoms with Crippen molar-refractivity contribution in [3.05, 3.63) is 18.2 Å². The van der Waals surface area contributed by atoms with Crippen LogP contribution in [0.25, 0.3) is 0 Å². The van der Waals surface area contributed by atoms with Crippen LogP contribution < -0.4 is 38.5 Å². The highest BCUT2D eigenvalue weighted by Crippen LogP contribution is 2.06. The predicted octanol–water partition coefficient (Wildman–Crippen LogP) is -3.02. The fraction of sp³-hybridized carbons (Fsp3) is 0.625. The number of nitrogens with zero attached hydrogens (tertiary/aromatic N) is 1. The molecule has 12 N–H and O–H groups in total. The normalized spacial score (nSPS) is 14.8. The van der Waals surface area contributed by atoms with E-state index in [1.165, 1.54) is 19.4 Å². The van der Waals surface area contributed by atoms with Gasteiger partial charge in [0.1, 0.15) is 24.2 Å². The number of aromatic amines is 1. The lowest BCUT2D eigenvalue weighted by Crippen LogP contribution is -2.59. The highest BCUT2D eigenvalue weighted by atomic mass is 16.4. The van der Waals surface area contributed by atoms with Crippen LogP contribution in [-0.2, 0) is 35.2 Å². The van der Waals surface area contributed by atoms with E-state index in [-0.39, 0.29) is 6.42 Å². The number of aliphatic carboxylic acids is 1. The van der Waals surface area contributed by atoms with Gasteiger partial charge >= 0.3 is 5.97 Å². The number of carbonyl (C=O) groups excluding carboxylic acids is 5. The van der Waals surface area contributed by atoms with Gasteiger partial charge < -0.3 is 48.6 Å². The molecule has 0 radical (unpaired) electrons. The van der Waals surface area contributed by atoms with Crippen molar-refractivity contribution in [3.8, 4) is 0 Å². The van der Waals surface area contributed by atoms with Gasteiger partial charge in [-0.2, -0.15) is 0 Å². The van der Waals surface area contributed by atoms with Gasteiger partial charge in [-0.25, -0.2) is 4.98 Å². The van der Waals surface area contributed by atoms with Crippen LogP contribution in [0.15, 0.2) is 12.5 Å². The van der Waals surface area contributed by atoms with Crippen molar-refractivity contribution >= 4 is 35.5 Å². The molecule has 1 heterocycles. The van der Waals surface area contributed by atoms with E-state index in [2.05, 4.69) is 31.2 Å². The molecule has 0 aliphatic carbocycles. The Kier molecular flexibility index (Phi) is 14.3. The minimum Gasteiger partial charge on any atom is -0.481 e. The SMILES string of the molecule is CC(C)[C@H](NC(=O)[C@H](C)NC(=O)[C@H](Cc1cnc[nH]1)NC(=O)[C@@H](N)CCCCN)C(=O)N[C@@H](CC(=O)O)C(N)=O. The van der Waals surface area contributed by atoms with Gasteiger partial charge in [-0.1, -0.05) is 20.3 Å². The number of H-pyrrole nitrogens is 1. The Labute approximate surface area is 232 Å². The van der Waals surface area contributed by atoms with Gasteiger partial charge in [-0.05, 0) is 32.2 Å². The minimum atomic E-state index is -1.48. The molecule has 0 unspecified atom stereocenters. The maximum atomic E-state index is 13.1. The minimum absolute atomic E-state index is 0.0382. The van der Waals surface area contributed by atoms with E-state index in [1.54, 1.807) is 13.8 Å². The van der Waals surface area contributed by atoms with Crippen molar-refractivity contribution < 1.29 is 33.9 Å². The molecule has 5 amide bonds. The highest BCUT2D eigenvalue weighted by molar-refractivity contribution is 5.96. The number of nitrogens with two attached hydrogens (primary N) is 3. The molecule has 0 fully saturated rings. The number of unbranched alkanes of at least 4 members (excludes halogenated alkanes) is 1. The van der Waals surface area contributed by atoms with Crippen LogP contribution >= 0.6 is 0 Å². The van der Waals surface area contributed by atoms with E-state index >= 15 is 0 Å². The number of amides is 5. The van der Waals surface area contributed by atoms with Gasteiger partial charge in [0.2, 0.25) is 29.5 Å². The number of hydrogen-bond donors (Lipinski definition) is 9. The summed E-state index contributed by atoms with van der Waals surface area (Å²) < 4.78 is 0. The number of hydrogen-bond acceptors (Lipinski definition) is 9. The molecular weight excluding hydrogens is 526 g/mol. The summed E-state index contributed by atoms with van der Waals surface area (Å²) in [5.74, 6) is -5.65. The quantitative estimate of drug-likeness (QED) is 0.0809. The fourth-order valence-corrected chi connectivity index (χ4v) is 3.60. The number of carboxylic acids is 1. The Balaban J connectivity index is 2.90. The molecule has 0 saturated heterocycles. The lowest BCUT2D eigenvalue weighted by Gasteiger charge is -2.26. The molecule has 5 atom stereocenters. The summed E-state index contributed by atoms with van der Waals surface area (Å²) in [4.78, 5) is 80.6. The predicted molar refractivity (Wildman–Crippen MR) is 143 cm³/mol. The average molecular weight is 568 g/mol. The highest BCUT2D eigenvalue weighted by Gasteiger charge is 2.32. The third-order valence-electron chi connectivity index (χ3n) is 5.96. The molecule has 40 heavy (non-hydrogen) atoms. The second-order valence-corrected chi connectivity index (χ2v) is 9.76. The number of nitrogens with one attached hydrogen (secondary N) is 5. The number of primary amides is 1. The molecule has 0 aliphatic rings. The van der Waals surface area contributed by atoms with Crippen molar-refractivity contribution in [2.24, 2.45) is 23.1 Å². The van der Waals surface area contributed by atoms with Crippen molar-refractivity contribution in [1.29, 1.82) is 0 Å². The van der Waals surface area contributed by atoms with Crippen LogP contribution in [0, 0.1) is 5.92 Å². The molecule has 0 aromatic carbocycles. The van der Waals surface area contributed by atoms with Crippen molar-refractivity contribution in [2.45, 2.75) is 83.1 Å². The van der Waals surface area contributed by atoms with Crippen LogP contribution in [0.5, 0.6) is 0 Å². The van der Waals surface area contributed by atoms with Crippen LogP contribution in [0.4, 0.5) is 0 Å². The average Bonchev–Trinajstić information content (AvgIpc) is 3.38.